The van der Waals surface area contributed by atoms with E-state index in [1.807, 2.05) is 24.3 Å². The predicted octanol–water partition coefficient (Wildman–Crippen LogP) is 2.97. The van der Waals surface area contributed by atoms with Gasteiger partial charge in [-0.1, -0.05) is 18.6 Å². The second-order valence-corrected chi connectivity index (χ2v) is 8.74. The first-order chi connectivity index (χ1) is 10.6. The van der Waals surface area contributed by atoms with Gasteiger partial charge < -0.3 is 9.47 Å². The van der Waals surface area contributed by atoms with E-state index in [-0.39, 0.29) is 10.5 Å². The molecule has 118 valence electrons. The van der Waals surface area contributed by atoms with Gasteiger partial charge in [-0.05, 0) is 42.5 Å². The molecule has 5 heteroatoms. The van der Waals surface area contributed by atoms with Crippen LogP contribution in [-0.2, 0) is 9.84 Å². The highest BCUT2D eigenvalue weighted by Gasteiger charge is 2.40. The Kier molecular flexibility index (Phi) is 3.40. The number of hydrogen-bond donors (Lipinski definition) is 0. The van der Waals surface area contributed by atoms with Crippen molar-refractivity contribution in [1.29, 1.82) is 0 Å². The summed E-state index contributed by atoms with van der Waals surface area (Å²) in [5.41, 5.74) is 2.20. The van der Waals surface area contributed by atoms with Gasteiger partial charge in [-0.2, -0.15) is 0 Å². The SMILES string of the molecule is O=S1(=O)C2C=C(c3ccc4c(c3)OCCCO4)CC1CCC2. The Balaban J connectivity index is 1.71. The summed E-state index contributed by atoms with van der Waals surface area (Å²) >= 11 is 0. The lowest BCUT2D eigenvalue weighted by Gasteiger charge is -2.33. The minimum atomic E-state index is -2.96. The zero-order valence-electron chi connectivity index (χ0n) is 12.5. The zero-order valence-corrected chi connectivity index (χ0v) is 13.3. The highest BCUT2D eigenvalue weighted by molar-refractivity contribution is 7.93. The molecule has 0 aliphatic carbocycles. The van der Waals surface area contributed by atoms with Gasteiger partial charge in [0.15, 0.2) is 21.3 Å². The van der Waals surface area contributed by atoms with Gasteiger partial charge in [-0.25, -0.2) is 8.42 Å². The topological polar surface area (TPSA) is 52.6 Å². The minimum absolute atomic E-state index is 0.206. The predicted molar refractivity (Wildman–Crippen MR) is 85.0 cm³/mol. The van der Waals surface area contributed by atoms with Crippen molar-refractivity contribution in [2.45, 2.75) is 42.6 Å². The van der Waals surface area contributed by atoms with Gasteiger partial charge in [0, 0.05) is 6.42 Å². The fourth-order valence-electron chi connectivity index (χ4n) is 3.63. The average Bonchev–Trinajstić information content (AvgIpc) is 2.70. The lowest BCUT2D eigenvalue weighted by atomic mass is 9.93. The molecule has 0 saturated carbocycles. The molecule has 0 spiro atoms. The number of hydrogen-bond acceptors (Lipinski definition) is 4. The highest BCUT2D eigenvalue weighted by atomic mass is 32.2. The van der Waals surface area contributed by atoms with Crippen LogP contribution in [0.3, 0.4) is 0 Å². The monoisotopic (exact) mass is 320 g/mol. The zero-order chi connectivity index (χ0) is 15.2. The molecule has 0 radical (unpaired) electrons. The molecule has 2 atom stereocenters. The van der Waals surface area contributed by atoms with Gasteiger partial charge >= 0.3 is 0 Å². The number of benzene rings is 1. The molecule has 4 rings (SSSR count). The molecule has 0 amide bonds. The lowest BCUT2D eigenvalue weighted by Crippen LogP contribution is -2.38. The van der Waals surface area contributed by atoms with Crippen molar-refractivity contribution >= 4 is 15.4 Å². The van der Waals surface area contributed by atoms with Crippen LogP contribution in [0.15, 0.2) is 24.3 Å². The number of sulfone groups is 1. The summed E-state index contributed by atoms with van der Waals surface area (Å²) < 4.78 is 36.1. The quantitative estimate of drug-likeness (QED) is 0.798. The van der Waals surface area contributed by atoms with Gasteiger partial charge in [0.05, 0.1) is 23.7 Å². The normalized spacial score (nSPS) is 29.4. The molecule has 1 saturated heterocycles. The molecule has 22 heavy (non-hydrogen) atoms. The van der Waals surface area contributed by atoms with Crippen LogP contribution in [0, 0.1) is 0 Å². The maximum atomic E-state index is 12.4. The van der Waals surface area contributed by atoms with E-state index in [1.54, 1.807) is 0 Å². The summed E-state index contributed by atoms with van der Waals surface area (Å²) in [6.45, 7) is 1.34. The van der Waals surface area contributed by atoms with Gasteiger partial charge in [0.2, 0.25) is 0 Å². The summed E-state index contributed by atoms with van der Waals surface area (Å²) in [6, 6.07) is 5.96. The number of ether oxygens (including phenoxy) is 2. The van der Waals surface area contributed by atoms with E-state index in [4.69, 9.17) is 9.47 Å². The minimum Gasteiger partial charge on any atom is -0.490 e. The second kappa shape index (κ2) is 5.30. The molecular weight excluding hydrogens is 300 g/mol. The van der Waals surface area contributed by atoms with E-state index in [9.17, 15) is 8.42 Å². The summed E-state index contributed by atoms with van der Waals surface area (Å²) in [7, 11) is -2.96. The Labute approximate surface area is 131 Å². The van der Waals surface area contributed by atoms with Gasteiger partial charge in [0.1, 0.15) is 0 Å². The molecule has 2 bridgehead atoms. The van der Waals surface area contributed by atoms with Crippen LogP contribution >= 0.6 is 0 Å². The molecular formula is C17H20O4S. The maximum Gasteiger partial charge on any atom is 0.161 e. The Morgan fingerprint density at radius 2 is 1.82 bits per heavy atom. The van der Waals surface area contributed by atoms with Crippen molar-refractivity contribution in [2.75, 3.05) is 13.2 Å². The van der Waals surface area contributed by atoms with Gasteiger partial charge in [0.25, 0.3) is 0 Å². The van der Waals surface area contributed by atoms with E-state index in [0.717, 1.165) is 48.3 Å². The first-order valence-electron chi connectivity index (χ1n) is 7.98. The van der Waals surface area contributed by atoms with E-state index in [0.29, 0.717) is 19.6 Å². The third-order valence-electron chi connectivity index (χ3n) is 4.85. The first-order valence-corrected chi connectivity index (χ1v) is 9.59. The third kappa shape index (κ3) is 2.32. The molecule has 0 N–H and O–H groups in total. The fraction of sp³-hybridized carbons (Fsp3) is 0.529. The molecule has 3 heterocycles. The largest absolute Gasteiger partial charge is 0.490 e. The van der Waals surface area contributed by atoms with Gasteiger partial charge in [-0.15, -0.1) is 0 Å². The van der Waals surface area contributed by atoms with Crippen molar-refractivity contribution in [1.82, 2.24) is 0 Å². The average molecular weight is 320 g/mol. The highest BCUT2D eigenvalue weighted by Crippen LogP contribution is 2.41. The van der Waals surface area contributed by atoms with Crippen LogP contribution in [-0.4, -0.2) is 32.1 Å². The molecule has 2 unspecified atom stereocenters. The van der Waals surface area contributed by atoms with Gasteiger partial charge in [-0.3, -0.25) is 0 Å². The smallest absolute Gasteiger partial charge is 0.161 e. The standard InChI is InChI=1S/C17H20O4S/c18-22(19)14-3-1-4-15(22)10-13(9-14)12-5-6-16-17(11-12)21-8-2-7-20-16/h5-6,9,11,14-15H,1-4,7-8,10H2. The van der Waals surface area contributed by atoms with Crippen molar-refractivity contribution in [3.63, 3.8) is 0 Å². The third-order valence-corrected chi connectivity index (χ3v) is 7.40. The Hall–Kier alpha value is -1.49. The molecule has 0 aromatic heterocycles. The Morgan fingerprint density at radius 3 is 2.64 bits per heavy atom. The van der Waals surface area contributed by atoms with Crippen molar-refractivity contribution in [2.24, 2.45) is 0 Å². The molecule has 3 aliphatic heterocycles. The van der Waals surface area contributed by atoms with Crippen LogP contribution in [0.25, 0.3) is 5.57 Å². The van der Waals surface area contributed by atoms with E-state index >= 15 is 0 Å². The molecule has 3 aliphatic rings. The number of rotatable bonds is 1. The Morgan fingerprint density at radius 1 is 1.00 bits per heavy atom. The van der Waals surface area contributed by atoms with E-state index in [1.165, 1.54) is 0 Å². The van der Waals surface area contributed by atoms with Crippen molar-refractivity contribution in [3.8, 4) is 11.5 Å². The fourth-order valence-corrected chi connectivity index (χ4v) is 5.88. The summed E-state index contributed by atoms with van der Waals surface area (Å²) in [6.07, 6.45) is 6.03. The summed E-state index contributed by atoms with van der Waals surface area (Å²) in [5.74, 6) is 1.56. The van der Waals surface area contributed by atoms with Crippen LogP contribution in [0.1, 0.15) is 37.7 Å². The molecule has 1 aromatic rings. The molecule has 4 nitrogen and oxygen atoms in total. The number of fused-ring (bicyclic) bond motifs is 3. The van der Waals surface area contributed by atoms with Crippen LogP contribution in [0.5, 0.6) is 11.5 Å². The summed E-state index contributed by atoms with van der Waals surface area (Å²) in [5, 5.41) is -0.506. The first kappa shape index (κ1) is 14.1. The molecule has 1 fully saturated rings. The van der Waals surface area contributed by atoms with E-state index in [2.05, 4.69) is 0 Å². The maximum absolute atomic E-state index is 12.4. The van der Waals surface area contributed by atoms with Crippen molar-refractivity contribution < 1.29 is 17.9 Å². The second-order valence-electron chi connectivity index (χ2n) is 6.29. The summed E-state index contributed by atoms with van der Waals surface area (Å²) in [4.78, 5) is 0. The van der Waals surface area contributed by atoms with Crippen molar-refractivity contribution in [3.05, 3.63) is 29.8 Å². The van der Waals surface area contributed by atoms with Crippen LogP contribution in [0.2, 0.25) is 0 Å². The number of allylic oxidation sites excluding steroid dienone is 1. The van der Waals surface area contributed by atoms with Crippen LogP contribution < -0.4 is 9.47 Å². The lowest BCUT2D eigenvalue weighted by molar-refractivity contribution is 0.297. The Bertz CT molecular complexity index is 720. The van der Waals surface area contributed by atoms with Crippen LogP contribution in [0.4, 0.5) is 0 Å². The molecule has 1 aromatic carbocycles. The van der Waals surface area contributed by atoms with E-state index < -0.39 is 9.84 Å².